The molecule has 0 aliphatic rings. The maximum atomic E-state index is 13.4. The van der Waals surface area contributed by atoms with Crippen LogP contribution in [0.15, 0.2) is 12.1 Å². The first-order valence-electron chi connectivity index (χ1n) is 5.18. The third-order valence-corrected chi connectivity index (χ3v) is 2.96. The van der Waals surface area contributed by atoms with Crippen LogP contribution in [0, 0.1) is 12.7 Å². The fourth-order valence-corrected chi connectivity index (χ4v) is 2.04. The lowest BCUT2D eigenvalue weighted by atomic mass is 9.90. The second-order valence-corrected chi connectivity index (χ2v) is 4.59. The predicted molar refractivity (Wildman–Crippen MR) is 62.0 cm³/mol. The summed E-state index contributed by atoms with van der Waals surface area (Å²) in [6.07, 6.45) is 0.782. The Morgan fingerprint density at radius 1 is 1.44 bits per heavy atom. The molecule has 0 saturated heterocycles. The van der Waals surface area contributed by atoms with Gasteiger partial charge in [0.15, 0.2) is 0 Å². The number of benzene rings is 1. The summed E-state index contributed by atoms with van der Waals surface area (Å²) in [6, 6.07) is 2.76. The van der Waals surface area contributed by atoms with Gasteiger partial charge >= 0.3 is 0 Å². The predicted octanol–water partition coefficient (Wildman–Crippen LogP) is 2.77. The average Bonchev–Trinajstić information content (AvgIpc) is 2.20. The highest BCUT2D eigenvalue weighted by atomic mass is 35.5. The van der Waals surface area contributed by atoms with Crippen LogP contribution in [0.2, 0.25) is 5.02 Å². The van der Waals surface area contributed by atoms with Gasteiger partial charge in [0.05, 0.1) is 5.60 Å². The van der Waals surface area contributed by atoms with E-state index in [0.717, 1.165) is 0 Å². The minimum Gasteiger partial charge on any atom is -0.396 e. The molecular formula is C12H16ClFO2. The fourth-order valence-electron chi connectivity index (χ4n) is 1.62. The monoisotopic (exact) mass is 246 g/mol. The van der Waals surface area contributed by atoms with Gasteiger partial charge in [-0.2, -0.15) is 0 Å². The Balaban J connectivity index is 3.07. The number of aryl methyl sites for hydroxylation is 1. The molecule has 0 aromatic heterocycles. The third kappa shape index (κ3) is 2.94. The number of rotatable bonds is 4. The van der Waals surface area contributed by atoms with E-state index in [1.54, 1.807) is 13.8 Å². The van der Waals surface area contributed by atoms with Gasteiger partial charge in [-0.25, -0.2) is 4.39 Å². The van der Waals surface area contributed by atoms with E-state index in [9.17, 15) is 9.50 Å². The Hall–Kier alpha value is -0.640. The molecular weight excluding hydrogens is 231 g/mol. The molecule has 0 aliphatic heterocycles. The second-order valence-electron chi connectivity index (χ2n) is 4.18. The molecule has 0 fully saturated rings. The normalized spacial score (nSPS) is 14.9. The topological polar surface area (TPSA) is 40.5 Å². The van der Waals surface area contributed by atoms with Crippen LogP contribution in [0.5, 0.6) is 0 Å². The number of hydrogen-bond acceptors (Lipinski definition) is 2. The van der Waals surface area contributed by atoms with E-state index >= 15 is 0 Å². The van der Waals surface area contributed by atoms with Crippen LogP contribution >= 0.6 is 11.6 Å². The summed E-state index contributed by atoms with van der Waals surface area (Å²) in [6.45, 7) is 3.17. The molecule has 2 nitrogen and oxygen atoms in total. The minimum absolute atomic E-state index is 0.0118. The standard InChI is InChI=1S/C12H16ClFO2/c1-8-6-10(13)9(7-11(8)14)12(2,16)4-3-5-15/h6-7,15-16H,3-5H2,1-2H3. The third-order valence-electron chi connectivity index (χ3n) is 2.65. The van der Waals surface area contributed by atoms with Crippen LogP contribution < -0.4 is 0 Å². The molecule has 16 heavy (non-hydrogen) atoms. The van der Waals surface area contributed by atoms with Gasteiger partial charge in [-0.3, -0.25) is 0 Å². The van der Waals surface area contributed by atoms with Gasteiger partial charge in [0.2, 0.25) is 0 Å². The van der Waals surface area contributed by atoms with E-state index in [1.807, 2.05) is 0 Å². The Kier molecular flexibility index (Phi) is 4.30. The molecule has 1 aromatic carbocycles. The fraction of sp³-hybridized carbons (Fsp3) is 0.500. The van der Waals surface area contributed by atoms with E-state index in [1.165, 1.54) is 12.1 Å². The minimum atomic E-state index is -1.21. The molecule has 90 valence electrons. The van der Waals surface area contributed by atoms with Crippen molar-refractivity contribution >= 4 is 11.6 Å². The smallest absolute Gasteiger partial charge is 0.126 e. The van der Waals surface area contributed by atoms with Gasteiger partial charge in [-0.1, -0.05) is 11.6 Å². The van der Waals surface area contributed by atoms with Crippen LogP contribution in [0.3, 0.4) is 0 Å². The van der Waals surface area contributed by atoms with E-state index in [4.69, 9.17) is 16.7 Å². The molecule has 0 amide bonds. The van der Waals surface area contributed by atoms with Crippen LogP contribution in [-0.2, 0) is 5.60 Å². The molecule has 1 rings (SSSR count). The zero-order chi connectivity index (χ0) is 12.3. The lowest BCUT2D eigenvalue weighted by Gasteiger charge is -2.25. The molecule has 1 aromatic rings. The Morgan fingerprint density at radius 2 is 2.06 bits per heavy atom. The van der Waals surface area contributed by atoms with Crippen LogP contribution in [0.25, 0.3) is 0 Å². The van der Waals surface area contributed by atoms with Crippen LogP contribution in [0.1, 0.15) is 30.9 Å². The van der Waals surface area contributed by atoms with Crippen LogP contribution in [-0.4, -0.2) is 16.8 Å². The van der Waals surface area contributed by atoms with Crippen molar-refractivity contribution < 1.29 is 14.6 Å². The summed E-state index contributed by atoms with van der Waals surface area (Å²) < 4.78 is 13.4. The van der Waals surface area contributed by atoms with E-state index in [2.05, 4.69) is 0 Å². The summed E-state index contributed by atoms with van der Waals surface area (Å²) >= 11 is 5.98. The number of halogens is 2. The average molecular weight is 247 g/mol. The molecule has 0 bridgehead atoms. The quantitative estimate of drug-likeness (QED) is 0.858. The summed E-state index contributed by atoms with van der Waals surface area (Å²) in [5.41, 5.74) is -0.397. The molecule has 0 heterocycles. The summed E-state index contributed by atoms with van der Waals surface area (Å²) in [4.78, 5) is 0. The van der Waals surface area contributed by atoms with E-state index < -0.39 is 5.60 Å². The van der Waals surface area contributed by atoms with Crippen molar-refractivity contribution in [3.63, 3.8) is 0 Å². The molecule has 1 atom stereocenters. The highest BCUT2D eigenvalue weighted by molar-refractivity contribution is 6.31. The van der Waals surface area contributed by atoms with Crippen molar-refractivity contribution in [2.75, 3.05) is 6.61 Å². The summed E-state index contributed by atoms with van der Waals surface area (Å²) in [5, 5.41) is 19.2. The van der Waals surface area contributed by atoms with Crippen molar-refractivity contribution in [1.29, 1.82) is 0 Å². The molecule has 4 heteroatoms. The van der Waals surface area contributed by atoms with Crippen molar-refractivity contribution in [2.24, 2.45) is 0 Å². The Labute approximate surface area is 99.7 Å². The number of hydrogen-bond donors (Lipinski definition) is 2. The largest absolute Gasteiger partial charge is 0.396 e. The van der Waals surface area contributed by atoms with Gasteiger partial charge in [0.25, 0.3) is 0 Å². The second kappa shape index (κ2) is 5.13. The van der Waals surface area contributed by atoms with E-state index in [0.29, 0.717) is 29.0 Å². The van der Waals surface area contributed by atoms with Gasteiger partial charge in [-0.05, 0) is 44.4 Å². The summed E-state index contributed by atoms with van der Waals surface area (Å²) in [7, 11) is 0. The van der Waals surface area contributed by atoms with Crippen molar-refractivity contribution in [2.45, 2.75) is 32.3 Å². The SMILES string of the molecule is Cc1cc(Cl)c(C(C)(O)CCCO)cc1F. The first-order valence-corrected chi connectivity index (χ1v) is 5.55. The zero-order valence-corrected chi connectivity index (χ0v) is 10.2. The van der Waals surface area contributed by atoms with Gasteiger partial charge in [-0.15, -0.1) is 0 Å². The van der Waals surface area contributed by atoms with Crippen molar-refractivity contribution in [1.82, 2.24) is 0 Å². The van der Waals surface area contributed by atoms with Crippen molar-refractivity contribution in [3.8, 4) is 0 Å². The molecule has 1 unspecified atom stereocenters. The Morgan fingerprint density at radius 3 is 2.62 bits per heavy atom. The number of aliphatic hydroxyl groups is 2. The summed E-state index contributed by atoms with van der Waals surface area (Å²) in [5.74, 6) is -0.385. The van der Waals surface area contributed by atoms with Crippen molar-refractivity contribution in [3.05, 3.63) is 34.1 Å². The lowest BCUT2D eigenvalue weighted by molar-refractivity contribution is 0.0401. The van der Waals surface area contributed by atoms with Gasteiger partial charge in [0, 0.05) is 17.2 Å². The zero-order valence-electron chi connectivity index (χ0n) is 9.43. The lowest BCUT2D eigenvalue weighted by Crippen LogP contribution is -2.22. The van der Waals surface area contributed by atoms with Gasteiger partial charge < -0.3 is 10.2 Å². The highest BCUT2D eigenvalue weighted by Crippen LogP contribution is 2.33. The molecule has 0 aliphatic carbocycles. The maximum Gasteiger partial charge on any atom is 0.126 e. The van der Waals surface area contributed by atoms with E-state index in [-0.39, 0.29) is 12.4 Å². The molecule has 0 spiro atoms. The first-order chi connectivity index (χ1) is 7.38. The first kappa shape index (κ1) is 13.4. The molecule has 2 N–H and O–H groups in total. The Bertz CT molecular complexity index is 378. The number of aliphatic hydroxyl groups excluding tert-OH is 1. The van der Waals surface area contributed by atoms with Gasteiger partial charge in [0.1, 0.15) is 5.82 Å². The molecule has 0 saturated carbocycles. The molecule has 0 radical (unpaired) electrons. The highest BCUT2D eigenvalue weighted by Gasteiger charge is 2.26. The maximum absolute atomic E-state index is 13.4. The van der Waals surface area contributed by atoms with Crippen LogP contribution in [0.4, 0.5) is 4.39 Å².